The molecular weight excluding hydrogens is 603 g/mol. The van der Waals surface area contributed by atoms with Gasteiger partial charge in [-0.25, -0.2) is 17.8 Å². The van der Waals surface area contributed by atoms with Crippen molar-refractivity contribution in [2.24, 2.45) is 0 Å². The lowest BCUT2D eigenvalue weighted by Crippen LogP contribution is -2.44. The van der Waals surface area contributed by atoms with Crippen LogP contribution in [0.1, 0.15) is 111 Å². The fourth-order valence-corrected chi connectivity index (χ4v) is 15.0. The Labute approximate surface area is 249 Å². The lowest BCUT2D eigenvalue weighted by molar-refractivity contribution is -0.0517. The Balaban J connectivity index is 0. The number of halogens is 4. The van der Waals surface area contributed by atoms with Crippen LogP contribution >= 0.6 is 25.6 Å². The van der Waals surface area contributed by atoms with Crippen LogP contribution in [0.4, 0.5) is 13.2 Å². The molecule has 0 aromatic heterocycles. The molecule has 0 aliphatic heterocycles. The van der Waals surface area contributed by atoms with E-state index in [0.717, 1.165) is 0 Å². The summed E-state index contributed by atoms with van der Waals surface area (Å²) in [6.07, 6.45) is 0. The first kappa shape index (κ1) is 42.5. The maximum absolute atomic E-state index is 10.7. The van der Waals surface area contributed by atoms with E-state index in [4.69, 9.17) is 24.2 Å². The Hall–Kier alpha value is 0.340. The summed E-state index contributed by atoms with van der Waals surface area (Å²) >= 11 is 7.97. The van der Waals surface area contributed by atoms with Crippen molar-refractivity contribution in [2.45, 2.75) is 165 Å². The number of rotatable bonds is 12. The van der Waals surface area contributed by atoms with Crippen LogP contribution in [0.25, 0.3) is 0 Å². The van der Waals surface area contributed by atoms with Gasteiger partial charge in [-0.3, -0.25) is 0 Å². The summed E-state index contributed by atoms with van der Waals surface area (Å²) in [5.74, 6) is 0. The minimum Gasteiger partial charge on any atom is -0.741 e. The lowest BCUT2D eigenvalue weighted by atomic mass is 10.3. The molecule has 0 N–H and O–H groups in total. The predicted octanol–water partition coefficient (Wildman–Crippen LogP) is 8.46. The van der Waals surface area contributed by atoms with Gasteiger partial charge in [0.05, 0.1) is 0 Å². The third-order valence-corrected chi connectivity index (χ3v) is 15.6. The SMILES string of the molecule is CC(C)N(C(C)C)[P+](=C=P(Cl)(N(C(C)C)C(C)C)N(C(C)C)C(C)C)N(C(C)C)C(C)C.O=S(=O)([O-])C(F)(F)F. The van der Waals surface area contributed by atoms with Gasteiger partial charge in [0, 0.05) is 48.3 Å². The van der Waals surface area contributed by atoms with Crippen LogP contribution in [0.3, 0.4) is 0 Å². The van der Waals surface area contributed by atoms with Crippen molar-refractivity contribution in [3.8, 4) is 0 Å². The molecule has 0 fully saturated rings. The topological polar surface area (TPSA) is 70.2 Å². The van der Waals surface area contributed by atoms with E-state index in [0.29, 0.717) is 48.3 Å². The van der Waals surface area contributed by atoms with Gasteiger partial charge in [-0.1, -0.05) is 11.2 Å². The summed E-state index contributed by atoms with van der Waals surface area (Å²) in [5, 5.41) is 4.23. The second-order valence-corrected chi connectivity index (χ2v) is 19.1. The van der Waals surface area contributed by atoms with Crippen molar-refractivity contribution in [1.29, 1.82) is 0 Å². The van der Waals surface area contributed by atoms with Crippen molar-refractivity contribution >= 4 is 40.9 Å². The highest BCUT2D eigenvalue weighted by molar-refractivity contribution is 7.97. The third-order valence-electron chi connectivity index (χ3n) is 5.78. The summed E-state index contributed by atoms with van der Waals surface area (Å²) in [5.41, 5.74) is -5.65. The Kier molecular flexibility index (Phi) is 18.0. The average molecular weight is 659 g/mol. The fraction of sp³-hybridized carbons (Fsp3) is 0.962. The van der Waals surface area contributed by atoms with Gasteiger partial charge in [0.2, 0.25) is 0 Å². The van der Waals surface area contributed by atoms with Gasteiger partial charge < -0.3 is 4.55 Å². The van der Waals surface area contributed by atoms with Crippen LogP contribution in [0.5, 0.6) is 0 Å². The lowest BCUT2D eigenvalue weighted by Gasteiger charge is -2.46. The molecule has 0 aromatic rings. The molecule has 40 heavy (non-hydrogen) atoms. The molecule has 0 radical (unpaired) electrons. The quantitative estimate of drug-likeness (QED) is 0.118. The van der Waals surface area contributed by atoms with Crippen LogP contribution < -0.4 is 0 Å². The van der Waals surface area contributed by atoms with Crippen LogP contribution in [0, 0.1) is 0 Å². The maximum atomic E-state index is 10.7. The summed E-state index contributed by atoms with van der Waals surface area (Å²) in [4.78, 5) is 0. The van der Waals surface area contributed by atoms with Crippen LogP contribution in [-0.4, -0.2) is 90.7 Å². The van der Waals surface area contributed by atoms with Gasteiger partial charge in [0.15, 0.2) is 21.8 Å². The highest BCUT2D eigenvalue weighted by Crippen LogP contribution is 2.64. The molecule has 0 aliphatic carbocycles. The highest BCUT2D eigenvalue weighted by Gasteiger charge is 2.44. The van der Waals surface area contributed by atoms with Crippen molar-refractivity contribution in [3.05, 3.63) is 0 Å². The third kappa shape index (κ3) is 12.1. The molecule has 0 spiro atoms. The molecular formula is C26H56ClF3N4O3P2S. The normalized spacial score (nSPS) is 13.9. The molecule has 0 rings (SSSR count). The minimum atomic E-state index is -6.09. The fourth-order valence-electron chi connectivity index (χ4n) is 5.04. The molecule has 0 atom stereocenters. The van der Waals surface area contributed by atoms with Crippen LogP contribution in [-0.2, 0) is 10.1 Å². The zero-order valence-corrected chi connectivity index (χ0v) is 30.8. The number of alkyl halides is 3. The number of nitrogens with zero attached hydrogens (tertiary/aromatic N) is 4. The van der Waals surface area contributed by atoms with E-state index in [-0.39, 0.29) is 0 Å². The molecule has 14 heteroatoms. The largest absolute Gasteiger partial charge is 0.741 e. The van der Waals surface area contributed by atoms with Crippen LogP contribution in [0.15, 0.2) is 0 Å². The molecule has 0 unspecified atom stereocenters. The van der Waals surface area contributed by atoms with E-state index < -0.39 is 30.0 Å². The van der Waals surface area contributed by atoms with Crippen molar-refractivity contribution < 1.29 is 26.1 Å². The Morgan fingerprint density at radius 3 is 0.950 bits per heavy atom. The Morgan fingerprint density at radius 2 is 0.825 bits per heavy atom. The summed E-state index contributed by atoms with van der Waals surface area (Å²) in [6.45, 7) is 34.4. The van der Waals surface area contributed by atoms with Crippen molar-refractivity contribution in [1.82, 2.24) is 18.7 Å². The molecule has 7 nitrogen and oxygen atoms in total. The molecule has 0 amide bonds. The Bertz CT molecular complexity index is 889. The standard InChI is InChI=1S/C25H56ClN4P2.CHF3O3S/c1-18(2)27(19(3)4)31(28(20(5)6)21(7)8)17-32(26,29(22(9)10)23(11)12)30(24(13)14)25(15)16;2-1(3,4)8(5,6)7/h18-25H,1-16H3;(H,5,6,7)/q+1;/p-1. The van der Waals surface area contributed by atoms with E-state index in [1.54, 1.807) is 0 Å². The van der Waals surface area contributed by atoms with Gasteiger partial charge in [-0.05, 0) is 111 Å². The predicted molar refractivity (Wildman–Crippen MR) is 169 cm³/mol. The van der Waals surface area contributed by atoms with Gasteiger partial charge >= 0.3 is 13.4 Å². The highest BCUT2D eigenvalue weighted by atomic mass is 35.7. The summed E-state index contributed by atoms with van der Waals surface area (Å²) in [6, 6.07) is 3.00. The van der Waals surface area contributed by atoms with Crippen molar-refractivity contribution in [3.63, 3.8) is 0 Å². The first-order valence-corrected chi connectivity index (χ1v) is 19.2. The molecule has 0 saturated heterocycles. The first-order chi connectivity index (χ1) is 17.7. The van der Waals surface area contributed by atoms with Gasteiger partial charge in [-0.15, -0.1) is 9.34 Å². The monoisotopic (exact) mass is 658 g/mol. The van der Waals surface area contributed by atoms with E-state index in [2.05, 4.69) is 135 Å². The zero-order valence-electron chi connectivity index (χ0n) is 27.4. The second kappa shape index (κ2) is 17.0. The van der Waals surface area contributed by atoms with Gasteiger partial charge in [0.25, 0.3) is 0 Å². The maximum Gasteiger partial charge on any atom is 0.485 e. The molecule has 242 valence electrons. The molecule has 0 heterocycles. The minimum absolute atomic E-state index is 0.336. The Morgan fingerprint density at radius 1 is 0.625 bits per heavy atom. The van der Waals surface area contributed by atoms with Crippen molar-refractivity contribution in [2.75, 3.05) is 0 Å². The molecule has 0 aliphatic rings. The smallest absolute Gasteiger partial charge is 0.485 e. The van der Waals surface area contributed by atoms with Gasteiger partial charge in [0.1, 0.15) is 0 Å². The number of hydrogen-bond donors (Lipinski definition) is 0. The summed E-state index contributed by atoms with van der Waals surface area (Å²) in [7, 11) is -6.94. The molecule has 0 aromatic carbocycles. The van der Waals surface area contributed by atoms with E-state index in [1.807, 2.05) is 0 Å². The molecule has 0 saturated carbocycles. The molecule has 0 bridgehead atoms. The summed E-state index contributed by atoms with van der Waals surface area (Å²) < 4.78 is 69.3. The first-order valence-electron chi connectivity index (χ1n) is 14.0. The van der Waals surface area contributed by atoms with E-state index in [1.165, 1.54) is 0 Å². The zero-order chi connectivity index (χ0) is 32.7. The van der Waals surface area contributed by atoms with E-state index in [9.17, 15) is 13.2 Å². The average Bonchev–Trinajstić information content (AvgIpc) is 2.63. The number of hydrogen-bond acceptors (Lipinski definition) is 7. The second-order valence-electron chi connectivity index (χ2n) is 12.1. The van der Waals surface area contributed by atoms with E-state index >= 15 is 0 Å². The van der Waals surface area contributed by atoms with Gasteiger partial charge in [-0.2, -0.15) is 13.2 Å². The van der Waals surface area contributed by atoms with Crippen LogP contribution in [0.2, 0.25) is 0 Å².